The number of rotatable bonds is 3. The van der Waals surface area contributed by atoms with Gasteiger partial charge in [-0.3, -0.25) is 4.79 Å². The lowest BCUT2D eigenvalue weighted by atomic mass is 10.2. The molecule has 16 heavy (non-hydrogen) atoms. The minimum atomic E-state index is -0.433. The number of hydrogen-bond acceptors (Lipinski definition) is 4. The molecule has 0 saturated carbocycles. The SMILES string of the molecule is Cn1ncnc1Sc1c(F)cccc1C=O. The molecule has 0 fully saturated rings. The molecule has 0 aliphatic carbocycles. The van der Waals surface area contributed by atoms with Crippen LogP contribution in [-0.4, -0.2) is 21.1 Å². The highest BCUT2D eigenvalue weighted by molar-refractivity contribution is 7.99. The first-order valence-corrected chi connectivity index (χ1v) is 5.29. The molecule has 0 saturated heterocycles. The molecule has 82 valence electrons. The monoisotopic (exact) mass is 237 g/mol. The molecule has 2 aromatic rings. The summed E-state index contributed by atoms with van der Waals surface area (Å²) in [5, 5.41) is 4.41. The van der Waals surface area contributed by atoms with Gasteiger partial charge in [0.25, 0.3) is 0 Å². The van der Waals surface area contributed by atoms with Crippen molar-refractivity contribution < 1.29 is 9.18 Å². The van der Waals surface area contributed by atoms with Crippen LogP contribution in [0.4, 0.5) is 4.39 Å². The Labute approximate surface area is 95.5 Å². The summed E-state index contributed by atoms with van der Waals surface area (Å²) >= 11 is 1.08. The summed E-state index contributed by atoms with van der Waals surface area (Å²) in [6.45, 7) is 0. The number of aldehydes is 1. The van der Waals surface area contributed by atoms with Crippen LogP contribution in [0, 0.1) is 5.82 Å². The van der Waals surface area contributed by atoms with Gasteiger partial charge in [-0.15, -0.1) is 0 Å². The maximum Gasteiger partial charge on any atom is 0.190 e. The molecular weight excluding hydrogens is 229 g/mol. The molecule has 0 aliphatic heterocycles. The summed E-state index contributed by atoms with van der Waals surface area (Å²) in [6.07, 6.45) is 2.01. The molecule has 0 amide bonds. The lowest BCUT2D eigenvalue weighted by Crippen LogP contribution is -1.95. The Kier molecular flexibility index (Phi) is 3.00. The van der Waals surface area contributed by atoms with Crippen LogP contribution < -0.4 is 0 Å². The van der Waals surface area contributed by atoms with Crippen molar-refractivity contribution in [1.82, 2.24) is 14.8 Å². The fourth-order valence-corrected chi connectivity index (χ4v) is 2.06. The Morgan fingerprint density at radius 3 is 2.94 bits per heavy atom. The van der Waals surface area contributed by atoms with Gasteiger partial charge in [0, 0.05) is 12.6 Å². The summed E-state index contributed by atoms with van der Waals surface area (Å²) in [5.74, 6) is -0.433. The predicted molar refractivity (Wildman–Crippen MR) is 56.9 cm³/mol. The summed E-state index contributed by atoms with van der Waals surface area (Å²) in [6, 6.07) is 4.38. The van der Waals surface area contributed by atoms with Crippen LogP contribution in [0.5, 0.6) is 0 Å². The van der Waals surface area contributed by atoms with Crippen LogP contribution >= 0.6 is 11.8 Å². The first-order valence-electron chi connectivity index (χ1n) is 4.48. The third-order valence-corrected chi connectivity index (χ3v) is 3.17. The zero-order valence-corrected chi connectivity index (χ0v) is 9.24. The Balaban J connectivity index is 2.41. The van der Waals surface area contributed by atoms with Crippen molar-refractivity contribution in [2.75, 3.05) is 0 Å². The van der Waals surface area contributed by atoms with Crippen molar-refractivity contribution in [3.63, 3.8) is 0 Å². The van der Waals surface area contributed by atoms with E-state index in [9.17, 15) is 9.18 Å². The number of hydrogen-bond donors (Lipinski definition) is 0. The number of nitrogens with zero attached hydrogens (tertiary/aromatic N) is 3. The molecule has 0 radical (unpaired) electrons. The smallest absolute Gasteiger partial charge is 0.190 e. The van der Waals surface area contributed by atoms with Gasteiger partial charge in [-0.1, -0.05) is 12.1 Å². The summed E-state index contributed by atoms with van der Waals surface area (Å²) in [5.41, 5.74) is 0.313. The Morgan fingerprint density at radius 1 is 1.50 bits per heavy atom. The molecule has 0 unspecified atom stereocenters. The number of carbonyl (C=O) groups excluding carboxylic acids is 1. The lowest BCUT2D eigenvalue weighted by Gasteiger charge is -2.04. The number of benzene rings is 1. The van der Waals surface area contributed by atoms with Crippen molar-refractivity contribution in [1.29, 1.82) is 0 Å². The molecule has 0 spiro atoms. The molecule has 0 aliphatic rings. The predicted octanol–water partition coefficient (Wildman–Crippen LogP) is 1.92. The highest BCUT2D eigenvalue weighted by atomic mass is 32.2. The maximum atomic E-state index is 13.5. The number of aryl methyl sites for hydroxylation is 1. The van der Waals surface area contributed by atoms with E-state index in [0.717, 1.165) is 11.8 Å². The van der Waals surface area contributed by atoms with Gasteiger partial charge in [0.2, 0.25) is 0 Å². The van der Waals surface area contributed by atoms with Gasteiger partial charge in [0.1, 0.15) is 12.1 Å². The third kappa shape index (κ3) is 1.96. The van der Waals surface area contributed by atoms with E-state index in [2.05, 4.69) is 10.1 Å². The molecule has 0 N–H and O–H groups in total. The minimum absolute atomic E-state index is 0.272. The summed E-state index contributed by atoms with van der Waals surface area (Å²) < 4.78 is 15.0. The molecule has 0 atom stereocenters. The average Bonchev–Trinajstić information content (AvgIpc) is 2.67. The van der Waals surface area contributed by atoms with Crippen LogP contribution in [0.15, 0.2) is 34.6 Å². The molecule has 4 nitrogen and oxygen atoms in total. The highest BCUT2D eigenvalue weighted by Crippen LogP contribution is 2.30. The van der Waals surface area contributed by atoms with E-state index < -0.39 is 5.82 Å². The number of halogens is 1. The minimum Gasteiger partial charge on any atom is -0.298 e. The Morgan fingerprint density at radius 2 is 2.31 bits per heavy atom. The van der Waals surface area contributed by atoms with Crippen LogP contribution in [0.1, 0.15) is 10.4 Å². The zero-order chi connectivity index (χ0) is 11.5. The van der Waals surface area contributed by atoms with E-state index in [-0.39, 0.29) is 4.90 Å². The standard InChI is InChI=1S/C10H8FN3OS/c1-14-10(12-6-13-14)16-9-7(5-15)3-2-4-8(9)11/h2-6H,1H3. The van der Waals surface area contributed by atoms with Gasteiger partial charge in [0.05, 0.1) is 4.90 Å². The molecule has 1 heterocycles. The molecule has 1 aromatic carbocycles. The molecule has 6 heteroatoms. The molecule has 1 aromatic heterocycles. The fraction of sp³-hybridized carbons (Fsp3) is 0.100. The van der Waals surface area contributed by atoms with Gasteiger partial charge in [0.15, 0.2) is 11.4 Å². The topological polar surface area (TPSA) is 47.8 Å². The Bertz CT molecular complexity index is 527. The molecule has 0 bridgehead atoms. The van der Waals surface area contributed by atoms with Gasteiger partial charge < -0.3 is 0 Å². The van der Waals surface area contributed by atoms with E-state index in [0.29, 0.717) is 17.0 Å². The van der Waals surface area contributed by atoms with Gasteiger partial charge in [-0.05, 0) is 17.8 Å². The van der Waals surface area contributed by atoms with E-state index in [4.69, 9.17) is 0 Å². The van der Waals surface area contributed by atoms with Gasteiger partial charge >= 0.3 is 0 Å². The van der Waals surface area contributed by atoms with Crippen LogP contribution in [-0.2, 0) is 7.05 Å². The first-order chi connectivity index (χ1) is 7.72. The van der Waals surface area contributed by atoms with Crippen LogP contribution in [0.3, 0.4) is 0 Å². The second-order valence-electron chi connectivity index (χ2n) is 3.04. The molecular formula is C10H8FN3OS. The lowest BCUT2D eigenvalue weighted by molar-refractivity contribution is 0.112. The largest absolute Gasteiger partial charge is 0.298 e. The van der Waals surface area contributed by atoms with Crippen molar-refractivity contribution in [3.8, 4) is 0 Å². The first kappa shape index (κ1) is 10.8. The van der Waals surface area contributed by atoms with Crippen molar-refractivity contribution >= 4 is 18.0 Å². The quantitative estimate of drug-likeness (QED) is 0.765. The normalized spacial score (nSPS) is 10.4. The second-order valence-corrected chi connectivity index (χ2v) is 4.02. The van der Waals surface area contributed by atoms with E-state index in [1.54, 1.807) is 13.1 Å². The third-order valence-electron chi connectivity index (χ3n) is 1.99. The van der Waals surface area contributed by atoms with E-state index >= 15 is 0 Å². The van der Waals surface area contributed by atoms with Gasteiger partial charge in [-0.2, -0.15) is 5.10 Å². The summed E-state index contributed by atoms with van der Waals surface area (Å²) in [7, 11) is 1.71. The Hall–Kier alpha value is -1.69. The van der Waals surface area contributed by atoms with Crippen molar-refractivity contribution in [2.45, 2.75) is 10.1 Å². The highest BCUT2D eigenvalue weighted by Gasteiger charge is 2.12. The van der Waals surface area contributed by atoms with E-state index in [1.807, 2.05) is 0 Å². The molecule has 2 rings (SSSR count). The van der Waals surface area contributed by atoms with Gasteiger partial charge in [-0.25, -0.2) is 14.1 Å². The number of carbonyl (C=O) groups is 1. The van der Waals surface area contributed by atoms with Crippen molar-refractivity contribution in [2.24, 2.45) is 7.05 Å². The zero-order valence-electron chi connectivity index (χ0n) is 8.42. The van der Waals surface area contributed by atoms with Crippen molar-refractivity contribution in [3.05, 3.63) is 35.9 Å². The van der Waals surface area contributed by atoms with Crippen LogP contribution in [0.2, 0.25) is 0 Å². The van der Waals surface area contributed by atoms with E-state index in [1.165, 1.54) is 23.1 Å². The van der Waals surface area contributed by atoms with Crippen LogP contribution in [0.25, 0.3) is 0 Å². The fourth-order valence-electron chi connectivity index (χ4n) is 1.20. The number of aromatic nitrogens is 3. The maximum absolute atomic E-state index is 13.5. The average molecular weight is 237 g/mol. The second kappa shape index (κ2) is 4.44. The summed E-state index contributed by atoms with van der Waals surface area (Å²) in [4.78, 5) is 15.0.